The van der Waals surface area contributed by atoms with Gasteiger partial charge >= 0.3 is 5.97 Å². The van der Waals surface area contributed by atoms with Crippen LogP contribution in [0, 0.1) is 0 Å². The summed E-state index contributed by atoms with van der Waals surface area (Å²) in [4.78, 5) is 13.1. The van der Waals surface area contributed by atoms with Gasteiger partial charge in [-0.3, -0.25) is 4.79 Å². The lowest BCUT2D eigenvalue weighted by Crippen LogP contribution is -2.42. The molecule has 0 bridgehead atoms. The van der Waals surface area contributed by atoms with Gasteiger partial charge in [-0.15, -0.1) is 0 Å². The number of piperidine rings is 1. The second-order valence-electron chi connectivity index (χ2n) is 8.46. The predicted molar refractivity (Wildman–Crippen MR) is 127 cm³/mol. The van der Waals surface area contributed by atoms with Crippen molar-refractivity contribution < 1.29 is 29.6 Å². The molecule has 0 amide bonds. The lowest BCUT2D eigenvalue weighted by molar-refractivity contribution is -0.139. The minimum atomic E-state index is -1.10. The SMILES string of the molecule is COc1cccc(C2(/C=C/C(O)CC(O)CC(=O)O)CCN(c3ccccc3OC)CC2)c1. The van der Waals surface area contributed by atoms with Crippen molar-refractivity contribution in [3.05, 3.63) is 66.2 Å². The topological polar surface area (TPSA) is 99.5 Å². The average Bonchev–Trinajstić information content (AvgIpc) is 2.82. The fourth-order valence-electron chi connectivity index (χ4n) is 4.46. The van der Waals surface area contributed by atoms with Crippen molar-refractivity contribution in [1.29, 1.82) is 0 Å². The third-order valence-corrected chi connectivity index (χ3v) is 6.29. The quantitative estimate of drug-likeness (QED) is 0.472. The molecular formula is C26H33NO6. The van der Waals surface area contributed by atoms with Gasteiger partial charge in [-0.1, -0.05) is 36.4 Å². The molecule has 2 unspecified atom stereocenters. The summed E-state index contributed by atoms with van der Waals surface area (Å²) in [5.74, 6) is 0.518. The molecule has 33 heavy (non-hydrogen) atoms. The first-order valence-electron chi connectivity index (χ1n) is 11.2. The van der Waals surface area contributed by atoms with Crippen LogP contribution in [0.3, 0.4) is 0 Å². The van der Waals surface area contributed by atoms with Crippen molar-refractivity contribution in [1.82, 2.24) is 0 Å². The third kappa shape index (κ3) is 6.27. The fraction of sp³-hybridized carbons (Fsp3) is 0.423. The number of aliphatic hydroxyl groups excluding tert-OH is 2. The summed E-state index contributed by atoms with van der Waals surface area (Å²) in [5.41, 5.74) is 1.82. The van der Waals surface area contributed by atoms with Gasteiger partial charge in [0.05, 0.1) is 38.5 Å². The Balaban J connectivity index is 1.83. The highest BCUT2D eigenvalue weighted by atomic mass is 16.5. The van der Waals surface area contributed by atoms with E-state index in [0.717, 1.165) is 48.7 Å². The molecular weight excluding hydrogens is 422 g/mol. The first-order chi connectivity index (χ1) is 15.9. The molecule has 2 atom stereocenters. The molecule has 7 nitrogen and oxygen atoms in total. The van der Waals surface area contributed by atoms with Gasteiger partial charge in [-0.05, 0) is 42.7 Å². The molecule has 1 fully saturated rings. The number of hydrogen-bond donors (Lipinski definition) is 3. The molecule has 7 heteroatoms. The van der Waals surface area contributed by atoms with E-state index in [1.54, 1.807) is 20.3 Å². The van der Waals surface area contributed by atoms with E-state index in [9.17, 15) is 15.0 Å². The Labute approximate surface area is 194 Å². The molecule has 0 radical (unpaired) electrons. The number of allylic oxidation sites excluding steroid dienone is 1. The van der Waals surface area contributed by atoms with Crippen LogP contribution in [0.4, 0.5) is 5.69 Å². The molecule has 1 heterocycles. The van der Waals surface area contributed by atoms with Gasteiger partial charge in [0.2, 0.25) is 0 Å². The summed E-state index contributed by atoms with van der Waals surface area (Å²) in [7, 11) is 3.31. The van der Waals surface area contributed by atoms with E-state index in [0.29, 0.717) is 0 Å². The highest BCUT2D eigenvalue weighted by molar-refractivity contribution is 5.67. The predicted octanol–water partition coefficient (Wildman–Crippen LogP) is 3.38. The Morgan fingerprint density at radius 1 is 1.09 bits per heavy atom. The molecule has 2 aromatic rings. The number of aliphatic carboxylic acids is 1. The van der Waals surface area contributed by atoms with E-state index in [1.807, 2.05) is 42.5 Å². The average molecular weight is 456 g/mol. The Kier molecular flexibility index (Phi) is 8.36. The standard InChI is InChI=1S/C26H33NO6/c1-32-22-7-5-6-19(16-22)26(11-10-20(28)17-21(29)18-25(30)31)12-14-27(15-13-26)23-8-3-4-9-24(23)33-2/h3-11,16,20-21,28-29H,12-15,17-18H2,1-2H3,(H,30,31)/b11-10+. The van der Waals surface area contributed by atoms with Gasteiger partial charge in [-0.25, -0.2) is 0 Å². The first kappa shape index (κ1) is 24.6. The van der Waals surface area contributed by atoms with E-state index in [2.05, 4.69) is 17.0 Å². The van der Waals surface area contributed by atoms with E-state index in [-0.39, 0.29) is 18.3 Å². The van der Waals surface area contributed by atoms with E-state index in [4.69, 9.17) is 14.6 Å². The van der Waals surface area contributed by atoms with Crippen molar-refractivity contribution >= 4 is 11.7 Å². The summed E-state index contributed by atoms with van der Waals surface area (Å²) < 4.78 is 11.0. The maximum absolute atomic E-state index is 10.8. The number of carboxylic acids is 1. The normalized spacial score (nSPS) is 17.5. The van der Waals surface area contributed by atoms with Gasteiger partial charge in [0, 0.05) is 24.9 Å². The highest BCUT2D eigenvalue weighted by Gasteiger charge is 2.35. The van der Waals surface area contributed by atoms with Crippen molar-refractivity contribution in [2.75, 3.05) is 32.2 Å². The Bertz CT molecular complexity index is 951. The lowest BCUT2D eigenvalue weighted by atomic mass is 9.72. The number of rotatable bonds is 10. The van der Waals surface area contributed by atoms with Crippen LogP contribution in [0.25, 0.3) is 0 Å². The van der Waals surface area contributed by atoms with Crippen LogP contribution in [0.1, 0.15) is 31.2 Å². The summed E-state index contributed by atoms with van der Waals surface area (Å²) in [6.07, 6.45) is 2.86. The molecule has 178 valence electrons. The molecule has 3 rings (SSSR count). The molecule has 1 aliphatic heterocycles. The third-order valence-electron chi connectivity index (χ3n) is 6.29. The molecule has 3 N–H and O–H groups in total. The zero-order valence-electron chi connectivity index (χ0n) is 19.2. The van der Waals surface area contributed by atoms with Crippen LogP contribution in [-0.4, -0.2) is 60.8 Å². The summed E-state index contributed by atoms with van der Waals surface area (Å²) in [6.45, 7) is 1.58. The molecule has 2 aromatic carbocycles. The number of hydrogen-bond acceptors (Lipinski definition) is 6. The Hall–Kier alpha value is -3.03. The van der Waals surface area contributed by atoms with Gasteiger partial charge < -0.3 is 29.7 Å². The minimum Gasteiger partial charge on any atom is -0.497 e. The number of nitrogens with zero attached hydrogens (tertiary/aromatic N) is 1. The van der Waals surface area contributed by atoms with E-state index >= 15 is 0 Å². The zero-order valence-corrected chi connectivity index (χ0v) is 19.2. The Morgan fingerprint density at radius 2 is 1.82 bits per heavy atom. The summed E-state index contributed by atoms with van der Waals surface area (Å²) in [5, 5.41) is 29.1. The number of aliphatic hydroxyl groups is 2. The molecule has 0 spiro atoms. The maximum atomic E-state index is 10.8. The monoisotopic (exact) mass is 455 g/mol. The van der Waals surface area contributed by atoms with Crippen LogP contribution in [-0.2, 0) is 10.2 Å². The van der Waals surface area contributed by atoms with Crippen molar-refractivity contribution in [2.24, 2.45) is 0 Å². The number of benzene rings is 2. The van der Waals surface area contributed by atoms with Crippen LogP contribution >= 0.6 is 0 Å². The van der Waals surface area contributed by atoms with Crippen LogP contribution < -0.4 is 14.4 Å². The number of para-hydroxylation sites is 2. The molecule has 0 saturated carbocycles. The number of carboxylic acid groups (broad SMARTS) is 1. The number of ether oxygens (including phenoxy) is 2. The van der Waals surface area contributed by atoms with Crippen LogP contribution in [0.5, 0.6) is 11.5 Å². The molecule has 0 aliphatic carbocycles. The maximum Gasteiger partial charge on any atom is 0.305 e. The van der Waals surface area contributed by atoms with E-state index < -0.39 is 18.2 Å². The molecule has 1 aliphatic rings. The first-order valence-corrected chi connectivity index (χ1v) is 11.2. The summed E-state index contributed by atoms with van der Waals surface area (Å²) in [6, 6.07) is 15.9. The second kappa shape index (κ2) is 11.2. The van der Waals surface area contributed by atoms with Gasteiger partial charge in [0.25, 0.3) is 0 Å². The number of carbonyl (C=O) groups is 1. The van der Waals surface area contributed by atoms with Crippen LogP contribution in [0.15, 0.2) is 60.7 Å². The highest BCUT2D eigenvalue weighted by Crippen LogP contribution is 2.41. The lowest BCUT2D eigenvalue weighted by Gasteiger charge is -2.42. The Morgan fingerprint density at radius 3 is 2.48 bits per heavy atom. The van der Waals surface area contributed by atoms with Gasteiger partial charge in [-0.2, -0.15) is 0 Å². The smallest absolute Gasteiger partial charge is 0.305 e. The number of anilines is 1. The van der Waals surface area contributed by atoms with Crippen molar-refractivity contribution in [3.63, 3.8) is 0 Å². The fourth-order valence-corrected chi connectivity index (χ4v) is 4.46. The van der Waals surface area contributed by atoms with E-state index in [1.165, 1.54) is 0 Å². The molecule has 0 aromatic heterocycles. The molecule has 1 saturated heterocycles. The minimum absolute atomic E-state index is 0.0235. The van der Waals surface area contributed by atoms with Crippen molar-refractivity contribution in [3.8, 4) is 11.5 Å². The zero-order chi connectivity index (χ0) is 23.8. The summed E-state index contributed by atoms with van der Waals surface area (Å²) >= 11 is 0. The van der Waals surface area contributed by atoms with Crippen LogP contribution in [0.2, 0.25) is 0 Å². The number of methoxy groups -OCH3 is 2. The van der Waals surface area contributed by atoms with Gasteiger partial charge in [0.15, 0.2) is 0 Å². The largest absolute Gasteiger partial charge is 0.497 e. The van der Waals surface area contributed by atoms with Gasteiger partial charge in [0.1, 0.15) is 11.5 Å². The second-order valence-corrected chi connectivity index (χ2v) is 8.46. The van der Waals surface area contributed by atoms with Crippen molar-refractivity contribution in [2.45, 2.75) is 43.3 Å².